The van der Waals surface area contributed by atoms with Crippen LogP contribution in [0.4, 0.5) is 5.13 Å². The monoisotopic (exact) mass is 475 g/mol. The van der Waals surface area contributed by atoms with Gasteiger partial charge in [-0.1, -0.05) is 35.6 Å². The van der Waals surface area contributed by atoms with Crippen LogP contribution in [-0.2, 0) is 0 Å². The SMILES string of the molecule is COc1ccc2sc(N3CCN(C(=O)c4cccc(Oc5ccccc5)c4)CC3)nc2c1OC. The lowest BCUT2D eigenvalue weighted by atomic mass is 10.1. The second-order valence-electron chi connectivity index (χ2n) is 7.87. The van der Waals surface area contributed by atoms with E-state index in [2.05, 4.69) is 4.90 Å². The fourth-order valence-corrected chi connectivity index (χ4v) is 5.05. The molecule has 5 rings (SSSR count). The van der Waals surface area contributed by atoms with E-state index in [4.69, 9.17) is 19.2 Å². The van der Waals surface area contributed by atoms with E-state index >= 15 is 0 Å². The van der Waals surface area contributed by atoms with Gasteiger partial charge < -0.3 is 24.0 Å². The van der Waals surface area contributed by atoms with Crippen LogP contribution in [0, 0.1) is 0 Å². The van der Waals surface area contributed by atoms with Gasteiger partial charge in [-0.05, 0) is 42.5 Å². The highest BCUT2D eigenvalue weighted by Crippen LogP contribution is 2.40. The van der Waals surface area contributed by atoms with Gasteiger partial charge in [0.05, 0.1) is 18.9 Å². The Balaban J connectivity index is 1.26. The molecule has 8 heteroatoms. The molecule has 1 saturated heterocycles. The summed E-state index contributed by atoms with van der Waals surface area (Å²) in [4.78, 5) is 22.1. The number of benzene rings is 3. The third kappa shape index (κ3) is 4.36. The fourth-order valence-electron chi connectivity index (χ4n) is 4.03. The van der Waals surface area contributed by atoms with Gasteiger partial charge in [-0.25, -0.2) is 4.98 Å². The van der Waals surface area contributed by atoms with Gasteiger partial charge in [-0.2, -0.15) is 0 Å². The first kappa shape index (κ1) is 22.0. The molecule has 1 aliphatic heterocycles. The van der Waals surface area contributed by atoms with E-state index < -0.39 is 0 Å². The Labute approximate surface area is 202 Å². The van der Waals surface area contributed by atoms with Crippen LogP contribution >= 0.6 is 11.3 Å². The standard InChI is InChI=1S/C26H25N3O4S/c1-31-21-11-12-22-23(24(21)32-2)27-26(34-22)29-15-13-28(14-16-29)25(30)18-7-6-10-20(17-18)33-19-8-4-3-5-9-19/h3-12,17H,13-16H2,1-2H3. The number of methoxy groups -OCH3 is 2. The zero-order valence-electron chi connectivity index (χ0n) is 19.1. The molecule has 0 unspecified atom stereocenters. The fraction of sp³-hybridized carbons (Fsp3) is 0.231. The number of thiazole rings is 1. The molecular formula is C26H25N3O4S. The second kappa shape index (κ2) is 9.61. The molecule has 3 aromatic carbocycles. The minimum Gasteiger partial charge on any atom is -0.493 e. The topological polar surface area (TPSA) is 64.1 Å². The molecule has 0 radical (unpaired) electrons. The van der Waals surface area contributed by atoms with Crippen molar-refractivity contribution in [2.45, 2.75) is 0 Å². The van der Waals surface area contributed by atoms with Crippen molar-refractivity contribution < 1.29 is 19.0 Å². The van der Waals surface area contributed by atoms with E-state index in [0.29, 0.717) is 49.0 Å². The number of hydrogen-bond acceptors (Lipinski definition) is 7. The number of fused-ring (bicyclic) bond motifs is 1. The van der Waals surface area contributed by atoms with Crippen molar-refractivity contribution in [2.75, 3.05) is 45.3 Å². The molecule has 7 nitrogen and oxygen atoms in total. The number of amides is 1. The molecule has 2 heterocycles. The van der Waals surface area contributed by atoms with Crippen LogP contribution in [0.25, 0.3) is 10.2 Å². The Morgan fingerprint density at radius 2 is 1.65 bits per heavy atom. The van der Waals surface area contributed by atoms with Gasteiger partial charge in [0, 0.05) is 31.7 Å². The quantitative estimate of drug-likeness (QED) is 0.388. The largest absolute Gasteiger partial charge is 0.493 e. The third-order valence-corrected chi connectivity index (χ3v) is 6.87. The molecule has 0 atom stereocenters. The number of carbonyl (C=O) groups excluding carboxylic acids is 1. The average Bonchev–Trinajstić information content (AvgIpc) is 3.33. The van der Waals surface area contributed by atoms with Crippen LogP contribution < -0.4 is 19.1 Å². The van der Waals surface area contributed by atoms with Gasteiger partial charge in [-0.15, -0.1) is 0 Å². The van der Waals surface area contributed by atoms with Crippen LogP contribution in [-0.4, -0.2) is 56.2 Å². The molecule has 34 heavy (non-hydrogen) atoms. The van der Waals surface area contributed by atoms with E-state index in [9.17, 15) is 4.79 Å². The minimum atomic E-state index is 0.00821. The molecule has 0 spiro atoms. The summed E-state index contributed by atoms with van der Waals surface area (Å²) in [6.07, 6.45) is 0. The van der Waals surface area contributed by atoms with Crippen LogP contribution in [0.5, 0.6) is 23.0 Å². The number of aromatic nitrogens is 1. The molecule has 174 valence electrons. The highest BCUT2D eigenvalue weighted by Gasteiger charge is 2.25. The molecule has 0 saturated carbocycles. The predicted octanol–water partition coefficient (Wildman–Crippen LogP) is 5.07. The van der Waals surface area contributed by atoms with Gasteiger partial charge in [0.15, 0.2) is 16.6 Å². The highest BCUT2D eigenvalue weighted by atomic mass is 32.1. The highest BCUT2D eigenvalue weighted by molar-refractivity contribution is 7.22. The first-order valence-electron chi connectivity index (χ1n) is 11.0. The number of anilines is 1. The first-order valence-corrected chi connectivity index (χ1v) is 11.9. The lowest BCUT2D eigenvalue weighted by Gasteiger charge is -2.34. The minimum absolute atomic E-state index is 0.00821. The normalized spacial score (nSPS) is 13.7. The van der Waals surface area contributed by atoms with Crippen molar-refractivity contribution in [3.63, 3.8) is 0 Å². The lowest BCUT2D eigenvalue weighted by Crippen LogP contribution is -2.48. The van der Waals surface area contributed by atoms with E-state index in [0.717, 1.165) is 21.1 Å². The van der Waals surface area contributed by atoms with E-state index in [1.807, 2.05) is 65.6 Å². The zero-order valence-corrected chi connectivity index (χ0v) is 19.9. The van der Waals surface area contributed by atoms with Gasteiger partial charge in [-0.3, -0.25) is 4.79 Å². The summed E-state index contributed by atoms with van der Waals surface area (Å²) in [5.41, 5.74) is 1.43. The number of carbonyl (C=O) groups is 1. The second-order valence-corrected chi connectivity index (χ2v) is 8.88. The number of para-hydroxylation sites is 1. The Hall–Kier alpha value is -3.78. The molecule has 1 fully saturated rings. The van der Waals surface area contributed by atoms with Crippen molar-refractivity contribution in [3.8, 4) is 23.0 Å². The molecule has 1 amide bonds. The predicted molar refractivity (Wildman–Crippen MR) is 134 cm³/mol. The van der Waals surface area contributed by atoms with Crippen LogP contribution in [0.3, 0.4) is 0 Å². The summed E-state index contributed by atoms with van der Waals surface area (Å²) in [5, 5.41) is 0.923. The summed E-state index contributed by atoms with van der Waals surface area (Å²) in [7, 11) is 3.25. The van der Waals surface area contributed by atoms with Gasteiger partial charge in [0.25, 0.3) is 5.91 Å². The van der Waals surface area contributed by atoms with E-state index in [1.165, 1.54) is 0 Å². The van der Waals surface area contributed by atoms with Crippen molar-refractivity contribution in [1.82, 2.24) is 9.88 Å². The Morgan fingerprint density at radius 1 is 0.882 bits per heavy atom. The van der Waals surface area contributed by atoms with E-state index in [1.54, 1.807) is 31.6 Å². The smallest absolute Gasteiger partial charge is 0.254 e. The summed E-state index contributed by atoms with van der Waals surface area (Å²) < 4.78 is 17.9. The summed E-state index contributed by atoms with van der Waals surface area (Å²) in [6.45, 7) is 2.68. The molecular weight excluding hydrogens is 450 g/mol. The van der Waals surface area contributed by atoms with Gasteiger partial charge >= 0.3 is 0 Å². The molecule has 4 aromatic rings. The van der Waals surface area contributed by atoms with Crippen LogP contribution in [0.15, 0.2) is 66.7 Å². The van der Waals surface area contributed by atoms with Crippen molar-refractivity contribution in [1.29, 1.82) is 0 Å². The maximum Gasteiger partial charge on any atom is 0.254 e. The maximum absolute atomic E-state index is 13.2. The van der Waals surface area contributed by atoms with Crippen LogP contribution in [0.1, 0.15) is 10.4 Å². The molecule has 0 aliphatic carbocycles. The lowest BCUT2D eigenvalue weighted by molar-refractivity contribution is 0.0746. The Morgan fingerprint density at radius 3 is 2.38 bits per heavy atom. The van der Waals surface area contributed by atoms with Crippen molar-refractivity contribution in [2.24, 2.45) is 0 Å². The van der Waals surface area contributed by atoms with E-state index in [-0.39, 0.29) is 5.91 Å². The third-order valence-electron chi connectivity index (χ3n) is 5.79. The summed E-state index contributed by atoms with van der Waals surface area (Å²) >= 11 is 1.62. The molecule has 0 bridgehead atoms. The number of ether oxygens (including phenoxy) is 3. The van der Waals surface area contributed by atoms with Gasteiger partial charge in [0.2, 0.25) is 0 Å². The van der Waals surface area contributed by atoms with Crippen LogP contribution in [0.2, 0.25) is 0 Å². The first-order chi connectivity index (χ1) is 16.7. The molecule has 0 N–H and O–H groups in total. The molecule has 1 aromatic heterocycles. The number of nitrogens with zero attached hydrogens (tertiary/aromatic N) is 3. The number of hydrogen-bond donors (Lipinski definition) is 0. The average molecular weight is 476 g/mol. The number of piperazine rings is 1. The Kier molecular flexibility index (Phi) is 6.22. The van der Waals surface area contributed by atoms with Crippen molar-refractivity contribution >= 4 is 32.6 Å². The molecule has 1 aliphatic rings. The number of rotatable bonds is 6. The van der Waals surface area contributed by atoms with Gasteiger partial charge in [0.1, 0.15) is 17.0 Å². The summed E-state index contributed by atoms with van der Waals surface area (Å²) in [6, 6.07) is 20.8. The van der Waals surface area contributed by atoms with Crippen molar-refractivity contribution in [3.05, 3.63) is 72.3 Å². The summed E-state index contributed by atoms with van der Waals surface area (Å²) in [5.74, 6) is 2.71. The maximum atomic E-state index is 13.2. The zero-order chi connectivity index (χ0) is 23.5. The Bertz CT molecular complexity index is 1300.